The van der Waals surface area contributed by atoms with Crippen LogP contribution in [0.25, 0.3) is 6.08 Å². The van der Waals surface area contributed by atoms with Crippen molar-refractivity contribution in [2.45, 2.75) is 13.3 Å². The number of phenolic OH excluding ortho intramolecular Hbond substituents is 1. The van der Waals surface area contributed by atoms with Crippen molar-refractivity contribution in [1.82, 2.24) is 5.01 Å². The maximum atomic E-state index is 12.3. The number of carbonyl (C=O) groups excluding carboxylic acids is 1. The maximum Gasteiger partial charge on any atom is 0.275 e. The van der Waals surface area contributed by atoms with E-state index in [0.717, 1.165) is 0 Å². The van der Waals surface area contributed by atoms with Gasteiger partial charge in [-0.1, -0.05) is 11.6 Å². The van der Waals surface area contributed by atoms with E-state index >= 15 is 0 Å². The molecule has 1 aliphatic rings. The Morgan fingerprint density at radius 1 is 1.55 bits per heavy atom. The summed E-state index contributed by atoms with van der Waals surface area (Å²) in [6.45, 7) is 1.97. The molecule has 2 rings (SSSR count). The Kier molecular flexibility index (Phi) is 4.68. The number of amides is 1. The average molecular weight is 320 g/mol. The van der Waals surface area contributed by atoms with Gasteiger partial charge in [-0.15, -0.1) is 0 Å². The molecule has 1 N–H and O–H groups in total. The number of nitriles is 1. The summed E-state index contributed by atoms with van der Waals surface area (Å²) in [7, 11) is 1.42. The minimum absolute atomic E-state index is 0.132. The standard InChI is InChI=1S/C15H14ClN3O3/c1-9-11(15(21)19(18-9)5-3-4-17)6-10-7-12(16)14(20)13(8-10)22-2/h6-8,20H,3,5H2,1-2H3/b11-6-. The maximum absolute atomic E-state index is 12.3. The van der Waals surface area contributed by atoms with Crippen LogP contribution >= 0.6 is 11.6 Å². The Labute approximate surface area is 132 Å². The molecule has 0 spiro atoms. The number of hydrogen-bond acceptors (Lipinski definition) is 5. The number of ether oxygens (including phenoxy) is 1. The van der Waals surface area contributed by atoms with E-state index in [0.29, 0.717) is 16.8 Å². The largest absolute Gasteiger partial charge is 0.503 e. The summed E-state index contributed by atoms with van der Waals surface area (Å²) in [5, 5.41) is 23.8. The number of aromatic hydroxyl groups is 1. The minimum Gasteiger partial charge on any atom is -0.503 e. The van der Waals surface area contributed by atoms with Gasteiger partial charge in [0.25, 0.3) is 5.91 Å². The SMILES string of the molecule is COc1cc(/C=C2\C(=O)N(CCC#N)N=C2C)cc(Cl)c1O. The van der Waals surface area contributed by atoms with Crippen molar-refractivity contribution in [1.29, 1.82) is 5.26 Å². The highest BCUT2D eigenvalue weighted by molar-refractivity contribution is 6.32. The molecule has 0 bridgehead atoms. The van der Waals surface area contributed by atoms with Gasteiger partial charge in [0.15, 0.2) is 11.5 Å². The molecule has 1 aromatic carbocycles. The first-order valence-corrected chi connectivity index (χ1v) is 6.88. The van der Waals surface area contributed by atoms with Gasteiger partial charge in [-0.3, -0.25) is 4.79 Å². The third-order valence-electron chi connectivity index (χ3n) is 3.14. The van der Waals surface area contributed by atoms with Gasteiger partial charge in [0.1, 0.15) is 0 Å². The van der Waals surface area contributed by atoms with Gasteiger partial charge in [0.2, 0.25) is 0 Å². The smallest absolute Gasteiger partial charge is 0.275 e. The zero-order valence-electron chi connectivity index (χ0n) is 12.1. The van der Waals surface area contributed by atoms with Gasteiger partial charge in [0, 0.05) is 0 Å². The zero-order valence-corrected chi connectivity index (χ0v) is 12.9. The molecular formula is C15H14ClN3O3. The Balaban J connectivity index is 2.34. The second-order valence-electron chi connectivity index (χ2n) is 4.63. The molecule has 1 amide bonds. The number of hydrogen-bond donors (Lipinski definition) is 1. The van der Waals surface area contributed by atoms with Crippen LogP contribution in [0.1, 0.15) is 18.9 Å². The molecule has 1 aromatic rings. The van der Waals surface area contributed by atoms with E-state index in [9.17, 15) is 9.90 Å². The quantitative estimate of drug-likeness (QED) is 0.864. The molecule has 1 heterocycles. The van der Waals surface area contributed by atoms with Crippen LogP contribution in [-0.2, 0) is 4.79 Å². The molecular weight excluding hydrogens is 306 g/mol. The van der Waals surface area contributed by atoms with E-state index in [1.165, 1.54) is 18.2 Å². The van der Waals surface area contributed by atoms with Crippen molar-refractivity contribution in [3.05, 3.63) is 28.3 Å². The van der Waals surface area contributed by atoms with E-state index in [1.54, 1.807) is 19.1 Å². The number of carbonyl (C=O) groups is 1. The lowest BCUT2D eigenvalue weighted by Crippen LogP contribution is -2.22. The molecule has 1 aliphatic heterocycles. The van der Waals surface area contributed by atoms with Crippen LogP contribution in [0.15, 0.2) is 22.8 Å². The molecule has 0 aliphatic carbocycles. The molecule has 0 saturated carbocycles. The molecule has 6 nitrogen and oxygen atoms in total. The van der Waals surface area contributed by atoms with Crippen molar-refractivity contribution >= 4 is 29.3 Å². The lowest BCUT2D eigenvalue weighted by molar-refractivity contribution is -0.125. The monoisotopic (exact) mass is 319 g/mol. The highest BCUT2D eigenvalue weighted by Crippen LogP contribution is 2.35. The number of rotatable bonds is 4. The van der Waals surface area contributed by atoms with E-state index in [1.807, 2.05) is 6.07 Å². The Hall–Kier alpha value is -2.52. The minimum atomic E-state index is -0.268. The number of nitrogens with zero attached hydrogens (tertiary/aromatic N) is 3. The molecule has 0 unspecified atom stereocenters. The Morgan fingerprint density at radius 2 is 2.27 bits per heavy atom. The van der Waals surface area contributed by atoms with Gasteiger partial charge < -0.3 is 9.84 Å². The fraction of sp³-hybridized carbons (Fsp3) is 0.267. The molecule has 0 aromatic heterocycles. The Bertz CT molecular complexity index is 719. The average Bonchev–Trinajstić information content (AvgIpc) is 2.76. The normalized spacial score (nSPS) is 15.9. The number of methoxy groups -OCH3 is 1. The first-order valence-electron chi connectivity index (χ1n) is 6.50. The number of benzene rings is 1. The molecule has 7 heteroatoms. The summed E-state index contributed by atoms with van der Waals surface area (Å²) in [5.41, 5.74) is 1.59. The van der Waals surface area contributed by atoms with Crippen LogP contribution < -0.4 is 4.74 Å². The molecule has 22 heavy (non-hydrogen) atoms. The topological polar surface area (TPSA) is 85.9 Å². The zero-order chi connectivity index (χ0) is 16.3. The van der Waals surface area contributed by atoms with Crippen LogP contribution in [0.3, 0.4) is 0 Å². The summed E-state index contributed by atoms with van der Waals surface area (Å²) in [5.74, 6) is -0.193. The van der Waals surface area contributed by atoms with Crippen LogP contribution in [0, 0.1) is 11.3 Å². The van der Waals surface area contributed by atoms with Gasteiger partial charge in [-0.05, 0) is 30.7 Å². The van der Waals surface area contributed by atoms with Crippen LogP contribution in [0.5, 0.6) is 11.5 Å². The van der Waals surface area contributed by atoms with Crippen molar-refractivity contribution in [3.8, 4) is 17.6 Å². The molecule has 0 atom stereocenters. The highest BCUT2D eigenvalue weighted by atomic mass is 35.5. The first kappa shape index (κ1) is 15.9. The second-order valence-corrected chi connectivity index (χ2v) is 5.04. The van der Waals surface area contributed by atoms with Gasteiger partial charge in [0.05, 0.1) is 42.5 Å². The van der Waals surface area contributed by atoms with Crippen LogP contribution in [-0.4, -0.2) is 35.4 Å². The summed E-state index contributed by atoms with van der Waals surface area (Å²) in [6.07, 6.45) is 1.84. The predicted molar refractivity (Wildman–Crippen MR) is 82.7 cm³/mol. The van der Waals surface area contributed by atoms with E-state index in [4.69, 9.17) is 21.6 Å². The second kappa shape index (κ2) is 6.50. The third kappa shape index (κ3) is 3.05. The molecule has 0 fully saturated rings. The first-order chi connectivity index (χ1) is 10.5. The van der Waals surface area contributed by atoms with Crippen molar-refractivity contribution in [3.63, 3.8) is 0 Å². The highest BCUT2D eigenvalue weighted by Gasteiger charge is 2.27. The fourth-order valence-electron chi connectivity index (χ4n) is 2.05. The van der Waals surface area contributed by atoms with Gasteiger partial charge in [-0.25, -0.2) is 5.01 Å². The lowest BCUT2D eigenvalue weighted by atomic mass is 10.1. The summed E-state index contributed by atoms with van der Waals surface area (Å²) < 4.78 is 5.03. The summed E-state index contributed by atoms with van der Waals surface area (Å²) in [4.78, 5) is 12.3. The molecule has 0 radical (unpaired) electrons. The lowest BCUT2D eigenvalue weighted by Gasteiger charge is -2.09. The Morgan fingerprint density at radius 3 is 2.91 bits per heavy atom. The predicted octanol–water partition coefficient (Wildman–Crippen LogP) is 2.57. The molecule has 0 saturated heterocycles. The number of phenols is 1. The fourth-order valence-corrected chi connectivity index (χ4v) is 2.27. The van der Waals surface area contributed by atoms with Crippen molar-refractivity contribution < 1.29 is 14.6 Å². The van der Waals surface area contributed by atoms with E-state index in [2.05, 4.69) is 5.10 Å². The summed E-state index contributed by atoms with van der Waals surface area (Å²) in [6, 6.07) is 5.09. The van der Waals surface area contributed by atoms with E-state index < -0.39 is 0 Å². The van der Waals surface area contributed by atoms with Crippen molar-refractivity contribution in [2.24, 2.45) is 5.10 Å². The number of halogens is 1. The number of hydrazone groups is 1. The van der Waals surface area contributed by atoms with Gasteiger partial charge >= 0.3 is 0 Å². The van der Waals surface area contributed by atoms with E-state index in [-0.39, 0.29) is 35.4 Å². The van der Waals surface area contributed by atoms with Crippen LogP contribution in [0.2, 0.25) is 5.02 Å². The van der Waals surface area contributed by atoms with Gasteiger partial charge in [-0.2, -0.15) is 10.4 Å². The van der Waals surface area contributed by atoms with Crippen molar-refractivity contribution in [2.75, 3.05) is 13.7 Å². The summed E-state index contributed by atoms with van der Waals surface area (Å²) >= 11 is 5.93. The molecule has 114 valence electrons. The third-order valence-corrected chi connectivity index (χ3v) is 3.43. The van der Waals surface area contributed by atoms with Crippen LogP contribution in [0.4, 0.5) is 0 Å².